The van der Waals surface area contributed by atoms with E-state index in [2.05, 4.69) is 0 Å². The predicted molar refractivity (Wildman–Crippen MR) is 126 cm³/mol. The smallest absolute Gasteiger partial charge is 0.323 e. The van der Waals surface area contributed by atoms with E-state index < -0.39 is 29.5 Å². The van der Waals surface area contributed by atoms with E-state index in [-0.39, 0.29) is 19.4 Å². The molecule has 0 saturated heterocycles. The number of carbonyl (C=O) groups excluding carboxylic acids is 4. The molecule has 0 spiro atoms. The number of hydrogen-bond donors (Lipinski definition) is 0. The number of nitrogens with zero attached hydrogens (tertiary/aromatic N) is 1. The van der Waals surface area contributed by atoms with Crippen LogP contribution in [-0.4, -0.2) is 55.2 Å². The quantitative estimate of drug-likeness (QED) is 0.407. The van der Waals surface area contributed by atoms with Crippen molar-refractivity contribution >= 4 is 34.3 Å². The standard InChI is InChI=1S/C27H25NO7/c1-14-5-4-6-16-15(14)7-8-18-22(16)24(30)25(31)23-17-11-12-28(13-20(17)35-26(18)23)19(27(32)34-3)9-10-21(29)33-2/h4-8,19H,9-13H2,1-3H3/t19-/m0/s1. The van der Waals surface area contributed by atoms with Crippen LogP contribution < -0.4 is 0 Å². The van der Waals surface area contributed by atoms with Crippen LogP contribution in [0.15, 0.2) is 34.7 Å². The monoisotopic (exact) mass is 475 g/mol. The number of esters is 2. The van der Waals surface area contributed by atoms with E-state index in [1.807, 2.05) is 42.2 Å². The van der Waals surface area contributed by atoms with Gasteiger partial charge < -0.3 is 13.9 Å². The summed E-state index contributed by atoms with van der Waals surface area (Å²) in [5.74, 6) is -0.994. The number of ketones is 2. The molecule has 3 aromatic rings. The van der Waals surface area contributed by atoms with E-state index in [4.69, 9.17) is 13.9 Å². The van der Waals surface area contributed by atoms with Crippen molar-refractivity contribution in [3.8, 4) is 11.3 Å². The normalized spacial score (nSPS) is 15.9. The summed E-state index contributed by atoms with van der Waals surface area (Å²) in [7, 11) is 2.61. The van der Waals surface area contributed by atoms with Gasteiger partial charge in [0.25, 0.3) is 0 Å². The maximum absolute atomic E-state index is 13.3. The number of ether oxygens (including phenoxy) is 2. The fraction of sp³-hybridized carbons (Fsp3) is 0.333. The summed E-state index contributed by atoms with van der Waals surface area (Å²) in [6.07, 6.45) is 0.739. The third-order valence-corrected chi connectivity index (χ3v) is 7.03. The van der Waals surface area contributed by atoms with Crippen molar-refractivity contribution in [2.75, 3.05) is 20.8 Å². The molecule has 2 aromatic carbocycles. The maximum Gasteiger partial charge on any atom is 0.323 e. The predicted octanol–water partition coefficient (Wildman–Crippen LogP) is 3.64. The second-order valence-electron chi connectivity index (χ2n) is 8.90. The fourth-order valence-electron chi connectivity index (χ4n) is 5.24. The first kappa shape index (κ1) is 23.0. The van der Waals surface area contributed by atoms with E-state index in [1.54, 1.807) is 0 Å². The van der Waals surface area contributed by atoms with E-state index in [0.29, 0.717) is 46.7 Å². The van der Waals surface area contributed by atoms with Gasteiger partial charge in [-0.25, -0.2) is 0 Å². The van der Waals surface area contributed by atoms with Gasteiger partial charge in [-0.3, -0.25) is 24.1 Å². The molecular formula is C27H25NO7. The Kier molecular flexibility index (Phi) is 5.76. The van der Waals surface area contributed by atoms with Crippen molar-refractivity contribution in [2.24, 2.45) is 0 Å². The van der Waals surface area contributed by atoms with Crippen LogP contribution >= 0.6 is 0 Å². The molecule has 1 aliphatic carbocycles. The lowest BCUT2D eigenvalue weighted by Gasteiger charge is -2.32. The van der Waals surface area contributed by atoms with Crippen LogP contribution in [0.5, 0.6) is 0 Å². The highest BCUT2D eigenvalue weighted by molar-refractivity contribution is 6.54. The Morgan fingerprint density at radius 3 is 2.54 bits per heavy atom. The second kappa shape index (κ2) is 8.78. The van der Waals surface area contributed by atoms with E-state index in [0.717, 1.165) is 16.3 Å². The van der Waals surface area contributed by atoms with Crippen LogP contribution in [0.1, 0.15) is 50.4 Å². The zero-order valence-electron chi connectivity index (χ0n) is 19.8. The molecule has 0 amide bonds. The Labute approximate surface area is 201 Å². The Morgan fingerprint density at radius 1 is 1.03 bits per heavy atom. The molecule has 8 nitrogen and oxygen atoms in total. The van der Waals surface area contributed by atoms with Crippen molar-refractivity contribution in [1.29, 1.82) is 0 Å². The first-order valence-electron chi connectivity index (χ1n) is 11.5. The summed E-state index contributed by atoms with van der Waals surface area (Å²) < 4.78 is 15.9. The molecule has 35 heavy (non-hydrogen) atoms. The lowest BCUT2D eigenvalue weighted by atomic mass is 9.82. The van der Waals surface area contributed by atoms with Gasteiger partial charge in [0.05, 0.1) is 26.3 Å². The zero-order chi connectivity index (χ0) is 24.9. The zero-order valence-corrected chi connectivity index (χ0v) is 19.8. The first-order valence-corrected chi connectivity index (χ1v) is 11.5. The molecular weight excluding hydrogens is 450 g/mol. The number of Topliss-reactive ketones (excluding diaryl/α,β-unsaturated/α-hetero) is 2. The van der Waals surface area contributed by atoms with Crippen LogP contribution in [0.2, 0.25) is 0 Å². The molecule has 1 atom stereocenters. The minimum absolute atomic E-state index is 0.0706. The summed E-state index contributed by atoms with van der Waals surface area (Å²) in [6, 6.07) is 8.82. The minimum atomic E-state index is -0.661. The lowest BCUT2D eigenvalue weighted by molar-refractivity contribution is -0.148. The van der Waals surface area contributed by atoms with Gasteiger partial charge in [-0.15, -0.1) is 0 Å². The van der Waals surface area contributed by atoms with Crippen LogP contribution in [0, 0.1) is 6.92 Å². The molecule has 1 aromatic heterocycles. The summed E-state index contributed by atoms with van der Waals surface area (Å²) in [4.78, 5) is 52.6. The average molecular weight is 475 g/mol. The van der Waals surface area contributed by atoms with E-state index >= 15 is 0 Å². The Morgan fingerprint density at radius 2 is 1.80 bits per heavy atom. The topological polar surface area (TPSA) is 103 Å². The van der Waals surface area contributed by atoms with Crippen LogP contribution in [-0.2, 0) is 32.0 Å². The number of aryl methyl sites for hydroxylation is 1. The van der Waals surface area contributed by atoms with Crippen molar-refractivity contribution in [3.05, 3.63) is 58.3 Å². The molecule has 2 heterocycles. The van der Waals surface area contributed by atoms with Gasteiger partial charge in [0.2, 0.25) is 11.6 Å². The molecule has 0 saturated carbocycles. The van der Waals surface area contributed by atoms with Gasteiger partial charge in [0.15, 0.2) is 0 Å². The van der Waals surface area contributed by atoms with Gasteiger partial charge >= 0.3 is 11.9 Å². The molecule has 0 bridgehead atoms. The molecule has 0 radical (unpaired) electrons. The SMILES string of the molecule is COC(=O)CC[C@@H](C(=O)OC)N1CCc2c(oc3c2C(=O)C(=O)c2c-3ccc3c(C)cccc23)C1. The summed E-state index contributed by atoms with van der Waals surface area (Å²) >= 11 is 0. The highest BCUT2D eigenvalue weighted by atomic mass is 16.5. The lowest BCUT2D eigenvalue weighted by Crippen LogP contribution is -2.44. The van der Waals surface area contributed by atoms with Crippen molar-refractivity contribution in [1.82, 2.24) is 4.90 Å². The van der Waals surface area contributed by atoms with Gasteiger partial charge in [-0.1, -0.05) is 24.3 Å². The van der Waals surface area contributed by atoms with Crippen LogP contribution in [0.4, 0.5) is 0 Å². The summed E-state index contributed by atoms with van der Waals surface area (Å²) in [5.41, 5.74) is 3.04. The van der Waals surface area contributed by atoms with Gasteiger partial charge in [0.1, 0.15) is 17.6 Å². The number of fused-ring (bicyclic) bond motifs is 7. The Bertz CT molecular complexity index is 1400. The molecule has 5 rings (SSSR count). The van der Waals surface area contributed by atoms with Crippen molar-refractivity contribution in [3.63, 3.8) is 0 Å². The molecule has 8 heteroatoms. The molecule has 2 aliphatic rings. The molecule has 180 valence electrons. The van der Waals surface area contributed by atoms with Gasteiger partial charge in [-0.2, -0.15) is 0 Å². The van der Waals surface area contributed by atoms with Crippen molar-refractivity contribution < 1.29 is 33.1 Å². The molecule has 0 N–H and O–H groups in total. The number of carbonyl (C=O) groups is 4. The number of benzene rings is 2. The highest BCUT2D eigenvalue weighted by Gasteiger charge is 2.41. The number of hydrogen-bond acceptors (Lipinski definition) is 8. The van der Waals surface area contributed by atoms with Crippen LogP contribution in [0.3, 0.4) is 0 Å². The Hall–Kier alpha value is -3.78. The average Bonchev–Trinajstić information content (AvgIpc) is 3.25. The third kappa shape index (κ3) is 3.65. The summed E-state index contributed by atoms with van der Waals surface area (Å²) in [6.45, 7) is 2.67. The number of furan rings is 1. The number of rotatable bonds is 5. The highest BCUT2D eigenvalue weighted by Crippen LogP contribution is 2.43. The maximum atomic E-state index is 13.3. The fourth-order valence-corrected chi connectivity index (χ4v) is 5.24. The third-order valence-electron chi connectivity index (χ3n) is 7.03. The number of methoxy groups -OCH3 is 2. The molecule has 0 unspecified atom stereocenters. The molecule has 0 fully saturated rings. The Balaban J connectivity index is 1.55. The second-order valence-corrected chi connectivity index (χ2v) is 8.90. The first-order chi connectivity index (χ1) is 16.8. The van der Waals surface area contributed by atoms with E-state index in [9.17, 15) is 19.2 Å². The van der Waals surface area contributed by atoms with Crippen molar-refractivity contribution in [2.45, 2.75) is 38.8 Å². The van der Waals surface area contributed by atoms with E-state index in [1.165, 1.54) is 14.2 Å². The van der Waals surface area contributed by atoms with Gasteiger partial charge in [-0.05, 0) is 42.2 Å². The molecule has 1 aliphatic heterocycles. The van der Waals surface area contributed by atoms with Crippen LogP contribution in [0.25, 0.3) is 22.1 Å². The minimum Gasteiger partial charge on any atom is -0.469 e. The summed E-state index contributed by atoms with van der Waals surface area (Å²) in [5, 5.41) is 1.65. The largest absolute Gasteiger partial charge is 0.469 e. The van der Waals surface area contributed by atoms with Gasteiger partial charge in [0, 0.05) is 29.7 Å².